The van der Waals surface area contributed by atoms with E-state index in [4.69, 9.17) is 5.11 Å². The Bertz CT molecular complexity index is 339. The molecule has 1 aliphatic heterocycles. The Kier molecular flexibility index (Phi) is 4.73. The van der Waals surface area contributed by atoms with Crippen LogP contribution in [-0.2, 0) is 14.8 Å². The molecule has 0 bridgehead atoms. The van der Waals surface area contributed by atoms with Gasteiger partial charge in [-0.3, -0.25) is 4.79 Å². The molecular weight excluding hydrogens is 230 g/mol. The molecule has 0 aromatic rings. The van der Waals surface area contributed by atoms with Crippen LogP contribution >= 0.6 is 0 Å². The second-order valence-corrected chi connectivity index (χ2v) is 6.17. The summed E-state index contributed by atoms with van der Waals surface area (Å²) in [6.07, 6.45) is 3.40. The number of carboxylic acid groups (broad SMARTS) is 1. The van der Waals surface area contributed by atoms with Gasteiger partial charge in [-0.05, 0) is 19.3 Å². The zero-order valence-electron chi connectivity index (χ0n) is 9.55. The van der Waals surface area contributed by atoms with Crippen molar-refractivity contribution in [1.82, 2.24) is 4.31 Å². The van der Waals surface area contributed by atoms with Crippen molar-refractivity contribution in [2.24, 2.45) is 0 Å². The van der Waals surface area contributed by atoms with Gasteiger partial charge in [-0.2, -0.15) is 4.31 Å². The Morgan fingerprint density at radius 1 is 1.38 bits per heavy atom. The van der Waals surface area contributed by atoms with Gasteiger partial charge in [0.05, 0.1) is 5.75 Å². The number of hydrogen-bond acceptors (Lipinski definition) is 3. The van der Waals surface area contributed by atoms with Gasteiger partial charge in [0.15, 0.2) is 0 Å². The standard InChI is InChI=1S/C10H19NO4S/c1-2-8-16(14,15)11-7-5-3-4-6-9(11)10(12)13/h9H,2-8H2,1H3,(H,12,13). The minimum absolute atomic E-state index is 0.0385. The quantitative estimate of drug-likeness (QED) is 0.808. The van der Waals surface area contributed by atoms with E-state index >= 15 is 0 Å². The van der Waals surface area contributed by atoms with Gasteiger partial charge in [-0.15, -0.1) is 0 Å². The Hall–Kier alpha value is -0.620. The number of aliphatic carboxylic acids is 1. The van der Waals surface area contributed by atoms with Crippen molar-refractivity contribution in [2.45, 2.75) is 45.1 Å². The van der Waals surface area contributed by atoms with Crippen molar-refractivity contribution in [3.63, 3.8) is 0 Å². The molecule has 6 heteroatoms. The van der Waals surface area contributed by atoms with E-state index in [0.717, 1.165) is 19.3 Å². The average Bonchev–Trinajstić information content (AvgIpc) is 2.42. The third-order valence-corrected chi connectivity index (χ3v) is 4.88. The summed E-state index contributed by atoms with van der Waals surface area (Å²) in [5.41, 5.74) is 0. The smallest absolute Gasteiger partial charge is 0.322 e. The lowest BCUT2D eigenvalue weighted by Crippen LogP contribution is -2.45. The third kappa shape index (κ3) is 3.18. The lowest BCUT2D eigenvalue weighted by molar-refractivity contribution is -0.141. The van der Waals surface area contributed by atoms with Gasteiger partial charge in [0.1, 0.15) is 6.04 Å². The molecule has 1 aliphatic rings. The van der Waals surface area contributed by atoms with Gasteiger partial charge in [0, 0.05) is 6.54 Å². The second-order valence-electron chi connectivity index (χ2n) is 4.13. The maximum atomic E-state index is 11.9. The molecule has 0 saturated carbocycles. The summed E-state index contributed by atoms with van der Waals surface area (Å²) in [7, 11) is -3.40. The largest absolute Gasteiger partial charge is 0.480 e. The Morgan fingerprint density at radius 3 is 2.62 bits per heavy atom. The molecule has 1 atom stereocenters. The van der Waals surface area contributed by atoms with Crippen molar-refractivity contribution in [1.29, 1.82) is 0 Å². The fourth-order valence-corrected chi connectivity index (χ4v) is 3.78. The van der Waals surface area contributed by atoms with Gasteiger partial charge in [-0.25, -0.2) is 8.42 Å². The summed E-state index contributed by atoms with van der Waals surface area (Å²) in [5, 5.41) is 9.06. The van der Waals surface area contributed by atoms with Crippen LogP contribution in [0.1, 0.15) is 39.0 Å². The lowest BCUT2D eigenvalue weighted by atomic mass is 10.1. The Balaban J connectivity index is 2.91. The molecule has 0 aromatic carbocycles. The Morgan fingerprint density at radius 2 is 2.06 bits per heavy atom. The first-order valence-electron chi connectivity index (χ1n) is 5.71. The molecule has 0 amide bonds. The molecule has 1 fully saturated rings. The highest BCUT2D eigenvalue weighted by Gasteiger charge is 2.34. The highest BCUT2D eigenvalue weighted by Crippen LogP contribution is 2.20. The first-order valence-corrected chi connectivity index (χ1v) is 7.32. The number of carbonyl (C=O) groups is 1. The van der Waals surface area contributed by atoms with Crippen LogP contribution in [0.25, 0.3) is 0 Å². The molecule has 0 aromatic heterocycles. The molecule has 1 saturated heterocycles. The predicted octanol–water partition coefficient (Wildman–Crippen LogP) is 1.06. The van der Waals surface area contributed by atoms with Crippen LogP contribution in [0.15, 0.2) is 0 Å². The second kappa shape index (κ2) is 5.63. The van der Waals surface area contributed by atoms with Crippen LogP contribution in [0, 0.1) is 0 Å². The number of sulfonamides is 1. The SMILES string of the molecule is CCCS(=O)(=O)N1CCCCCC1C(=O)O. The van der Waals surface area contributed by atoms with Crippen molar-refractivity contribution in [3.8, 4) is 0 Å². The van der Waals surface area contributed by atoms with Gasteiger partial charge >= 0.3 is 5.97 Å². The molecule has 16 heavy (non-hydrogen) atoms. The molecule has 0 aliphatic carbocycles. The molecule has 94 valence electrons. The van der Waals surface area contributed by atoms with E-state index in [2.05, 4.69) is 0 Å². The van der Waals surface area contributed by atoms with Crippen molar-refractivity contribution < 1.29 is 18.3 Å². The van der Waals surface area contributed by atoms with E-state index < -0.39 is 22.0 Å². The predicted molar refractivity (Wildman–Crippen MR) is 60.7 cm³/mol. The molecule has 1 rings (SSSR count). The first-order chi connectivity index (χ1) is 7.49. The van der Waals surface area contributed by atoms with E-state index in [1.807, 2.05) is 0 Å². The zero-order chi connectivity index (χ0) is 12.2. The van der Waals surface area contributed by atoms with Crippen LogP contribution in [0.3, 0.4) is 0 Å². The van der Waals surface area contributed by atoms with E-state index in [9.17, 15) is 13.2 Å². The summed E-state index contributed by atoms with van der Waals surface area (Å²) in [6.45, 7) is 2.13. The monoisotopic (exact) mass is 249 g/mol. The van der Waals surface area contributed by atoms with Gasteiger partial charge < -0.3 is 5.11 Å². The van der Waals surface area contributed by atoms with E-state index in [1.165, 1.54) is 4.31 Å². The number of carboxylic acids is 1. The molecule has 1 heterocycles. The molecule has 1 N–H and O–H groups in total. The van der Waals surface area contributed by atoms with Crippen molar-refractivity contribution >= 4 is 16.0 Å². The third-order valence-electron chi connectivity index (χ3n) is 2.81. The van der Waals surface area contributed by atoms with Crippen molar-refractivity contribution in [2.75, 3.05) is 12.3 Å². The van der Waals surface area contributed by atoms with Crippen LogP contribution < -0.4 is 0 Å². The summed E-state index contributed by atoms with van der Waals surface area (Å²) in [4.78, 5) is 11.1. The first kappa shape index (κ1) is 13.4. The minimum atomic E-state index is -3.40. The number of rotatable bonds is 4. The molecule has 1 unspecified atom stereocenters. The van der Waals surface area contributed by atoms with Crippen LogP contribution in [0.4, 0.5) is 0 Å². The van der Waals surface area contributed by atoms with Crippen LogP contribution in [0.2, 0.25) is 0 Å². The molecule has 5 nitrogen and oxygen atoms in total. The zero-order valence-corrected chi connectivity index (χ0v) is 10.4. The summed E-state index contributed by atoms with van der Waals surface area (Å²) >= 11 is 0. The average molecular weight is 249 g/mol. The van der Waals surface area contributed by atoms with Crippen LogP contribution in [-0.4, -0.2) is 42.1 Å². The fourth-order valence-electron chi connectivity index (χ4n) is 2.04. The van der Waals surface area contributed by atoms with Gasteiger partial charge in [0.2, 0.25) is 10.0 Å². The molecule has 0 radical (unpaired) electrons. The van der Waals surface area contributed by atoms with E-state index in [-0.39, 0.29) is 5.75 Å². The van der Waals surface area contributed by atoms with Gasteiger partial charge in [0.25, 0.3) is 0 Å². The normalized spacial score (nSPS) is 23.9. The fraction of sp³-hybridized carbons (Fsp3) is 0.900. The van der Waals surface area contributed by atoms with E-state index in [1.54, 1.807) is 6.92 Å². The Labute approximate surface area is 96.5 Å². The summed E-state index contributed by atoms with van der Waals surface area (Å²) in [5.74, 6) is -0.988. The number of hydrogen-bond donors (Lipinski definition) is 1. The van der Waals surface area contributed by atoms with Gasteiger partial charge in [-0.1, -0.05) is 19.8 Å². The van der Waals surface area contributed by atoms with Crippen molar-refractivity contribution in [3.05, 3.63) is 0 Å². The summed E-state index contributed by atoms with van der Waals surface area (Å²) in [6, 6.07) is -0.862. The lowest BCUT2D eigenvalue weighted by Gasteiger charge is -2.25. The highest BCUT2D eigenvalue weighted by molar-refractivity contribution is 7.89. The number of nitrogens with zero attached hydrogens (tertiary/aromatic N) is 1. The summed E-state index contributed by atoms with van der Waals surface area (Å²) < 4.78 is 25.0. The highest BCUT2D eigenvalue weighted by atomic mass is 32.2. The molecular formula is C10H19NO4S. The minimum Gasteiger partial charge on any atom is -0.480 e. The van der Waals surface area contributed by atoms with Crippen LogP contribution in [0.5, 0.6) is 0 Å². The van der Waals surface area contributed by atoms with E-state index in [0.29, 0.717) is 19.4 Å². The maximum absolute atomic E-state index is 11.9. The topological polar surface area (TPSA) is 74.7 Å². The maximum Gasteiger partial charge on any atom is 0.322 e. The molecule has 0 spiro atoms.